The summed E-state index contributed by atoms with van der Waals surface area (Å²) in [4.78, 5) is 16.0. The largest absolute Gasteiger partial charge is 0.418 e. The van der Waals surface area contributed by atoms with Crippen molar-refractivity contribution in [2.75, 3.05) is 11.4 Å². The molecule has 1 aromatic carbocycles. The van der Waals surface area contributed by atoms with Crippen molar-refractivity contribution in [3.05, 3.63) is 28.3 Å². The van der Waals surface area contributed by atoms with Gasteiger partial charge in [-0.3, -0.25) is 4.90 Å². The van der Waals surface area contributed by atoms with Gasteiger partial charge in [0.15, 0.2) is 5.96 Å². The average Bonchev–Trinajstić information content (AvgIpc) is 2.29. The minimum absolute atomic E-state index is 0.0405. The molecule has 0 spiro atoms. The number of aliphatic imine (C=N–C) groups is 1. The first-order chi connectivity index (χ1) is 9.57. The fourth-order valence-corrected chi connectivity index (χ4v) is 2.14. The molecule has 0 bridgehead atoms. The van der Waals surface area contributed by atoms with Crippen molar-refractivity contribution >= 4 is 29.3 Å². The monoisotopic (exact) mass is 322 g/mol. The summed E-state index contributed by atoms with van der Waals surface area (Å²) in [7, 11) is 0. The summed E-state index contributed by atoms with van der Waals surface area (Å²) < 4.78 is 39.4. The van der Waals surface area contributed by atoms with Crippen molar-refractivity contribution in [2.24, 2.45) is 16.5 Å². The van der Waals surface area contributed by atoms with Gasteiger partial charge in [0, 0.05) is 11.6 Å². The Labute approximate surface area is 124 Å². The molecule has 0 unspecified atom stereocenters. The summed E-state index contributed by atoms with van der Waals surface area (Å²) in [5, 5.41) is -0.0751. The molecule has 0 aliphatic carbocycles. The van der Waals surface area contributed by atoms with Gasteiger partial charge in [0.25, 0.3) is 0 Å². The van der Waals surface area contributed by atoms with Crippen molar-refractivity contribution in [1.82, 2.24) is 0 Å². The molecule has 0 saturated carbocycles. The molecular weight excluding hydrogens is 309 g/mol. The third-order valence-corrected chi connectivity index (χ3v) is 2.83. The van der Waals surface area contributed by atoms with Gasteiger partial charge in [-0.1, -0.05) is 11.6 Å². The second-order valence-corrected chi connectivity index (χ2v) is 4.62. The highest BCUT2D eigenvalue weighted by Crippen LogP contribution is 2.40. The molecule has 0 fully saturated rings. The Morgan fingerprint density at radius 2 is 1.95 bits per heavy atom. The highest BCUT2D eigenvalue weighted by molar-refractivity contribution is 6.30. The van der Waals surface area contributed by atoms with E-state index in [1.54, 1.807) is 0 Å². The SMILES string of the molecule is CCN(C(=O)N=C(N)N)c1c(C)cc(Cl)cc1C(F)(F)F. The lowest BCUT2D eigenvalue weighted by atomic mass is 10.1. The molecule has 21 heavy (non-hydrogen) atoms. The van der Waals surface area contributed by atoms with Crippen molar-refractivity contribution < 1.29 is 18.0 Å². The van der Waals surface area contributed by atoms with Gasteiger partial charge in [-0.15, -0.1) is 0 Å². The van der Waals surface area contributed by atoms with Crippen LogP contribution in [0, 0.1) is 6.92 Å². The molecule has 2 amide bonds. The fraction of sp³-hybridized carbons (Fsp3) is 0.333. The molecule has 0 saturated heterocycles. The molecule has 0 aliphatic heterocycles. The highest BCUT2D eigenvalue weighted by Gasteiger charge is 2.37. The highest BCUT2D eigenvalue weighted by atomic mass is 35.5. The Kier molecular flexibility index (Phi) is 5.06. The number of hydrogen-bond acceptors (Lipinski definition) is 1. The van der Waals surface area contributed by atoms with Crippen molar-refractivity contribution in [2.45, 2.75) is 20.0 Å². The number of benzene rings is 1. The number of hydrogen-bond donors (Lipinski definition) is 2. The van der Waals surface area contributed by atoms with Crippen LogP contribution in [-0.2, 0) is 6.18 Å². The molecule has 0 aliphatic rings. The molecule has 0 aromatic heterocycles. The minimum atomic E-state index is -4.67. The quantitative estimate of drug-likeness (QED) is 0.648. The number of alkyl halides is 3. The summed E-state index contributed by atoms with van der Waals surface area (Å²) in [6.07, 6.45) is -4.67. The van der Waals surface area contributed by atoms with Crippen LogP contribution in [0.4, 0.5) is 23.7 Å². The van der Waals surface area contributed by atoms with Crippen LogP contribution in [-0.4, -0.2) is 18.5 Å². The van der Waals surface area contributed by atoms with Gasteiger partial charge in [0.1, 0.15) is 0 Å². The number of carbonyl (C=O) groups is 1. The Morgan fingerprint density at radius 3 is 2.38 bits per heavy atom. The van der Waals surface area contributed by atoms with Crippen LogP contribution in [0.15, 0.2) is 17.1 Å². The number of urea groups is 1. The maximum atomic E-state index is 13.1. The van der Waals surface area contributed by atoms with E-state index in [0.29, 0.717) is 0 Å². The van der Waals surface area contributed by atoms with Crippen LogP contribution >= 0.6 is 11.6 Å². The lowest BCUT2D eigenvalue weighted by molar-refractivity contribution is -0.137. The maximum absolute atomic E-state index is 13.1. The number of halogens is 4. The summed E-state index contributed by atoms with van der Waals surface area (Å²) >= 11 is 5.67. The lowest BCUT2D eigenvalue weighted by Crippen LogP contribution is -2.34. The number of nitrogens with two attached hydrogens (primary N) is 2. The number of amides is 2. The van der Waals surface area contributed by atoms with Crippen LogP contribution in [0.5, 0.6) is 0 Å². The van der Waals surface area contributed by atoms with E-state index in [0.717, 1.165) is 11.0 Å². The van der Waals surface area contributed by atoms with E-state index >= 15 is 0 Å². The topological polar surface area (TPSA) is 84.7 Å². The second-order valence-electron chi connectivity index (χ2n) is 4.18. The number of rotatable bonds is 2. The lowest BCUT2D eigenvalue weighted by Gasteiger charge is -2.25. The third kappa shape index (κ3) is 4.01. The van der Waals surface area contributed by atoms with Gasteiger partial charge in [0.05, 0.1) is 11.3 Å². The summed E-state index contributed by atoms with van der Waals surface area (Å²) in [5.41, 5.74) is 9.03. The van der Waals surface area contributed by atoms with Crippen LogP contribution in [0.1, 0.15) is 18.1 Å². The van der Waals surface area contributed by atoms with E-state index in [1.165, 1.54) is 19.9 Å². The molecule has 116 valence electrons. The molecule has 1 aromatic rings. The van der Waals surface area contributed by atoms with Crippen molar-refractivity contribution in [3.8, 4) is 0 Å². The molecule has 1 rings (SSSR count). The number of nitrogens with zero attached hydrogens (tertiary/aromatic N) is 2. The smallest absolute Gasteiger partial charge is 0.370 e. The van der Waals surface area contributed by atoms with Crippen LogP contribution < -0.4 is 16.4 Å². The minimum Gasteiger partial charge on any atom is -0.370 e. The number of aryl methyl sites for hydroxylation is 1. The van der Waals surface area contributed by atoms with Crippen LogP contribution in [0.3, 0.4) is 0 Å². The van der Waals surface area contributed by atoms with Crippen LogP contribution in [0.25, 0.3) is 0 Å². The van der Waals surface area contributed by atoms with Gasteiger partial charge in [-0.2, -0.15) is 18.2 Å². The van der Waals surface area contributed by atoms with E-state index in [4.69, 9.17) is 23.1 Å². The zero-order chi connectivity index (χ0) is 16.4. The Hall–Kier alpha value is -1.96. The molecule has 9 heteroatoms. The molecule has 4 N–H and O–H groups in total. The van der Waals surface area contributed by atoms with Gasteiger partial charge in [-0.25, -0.2) is 4.79 Å². The first kappa shape index (κ1) is 17.1. The molecule has 5 nitrogen and oxygen atoms in total. The second kappa shape index (κ2) is 6.21. The zero-order valence-corrected chi connectivity index (χ0v) is 12.1. The summed E-state index contributed by atoms with van der Waals surface area (Å²) in [6.45, 7) is 2.89. The van der Waals surface area contributed by atoms with E-state index in [9.17, 15) is 18.0 Å². The fourth-order valence-electron chi connectivity index (χ4n) is 1.87. The normalized spacial score (nSPS) is 11.1. The predicted molar refractivity (Wildman–Crippen MR) is 75.4 cm³/mol. The van der Waals surface area contributed by atoms with E-state index in [1.807, 2.05) is 0 Å². The first-order valence-electron chi connectivity index (χ1n) is 5.86. The summed E-state index contributed by atoms with van der Waals surface area (Å²) in [5.74, 6) is -0.529. The zero-order valence-electron chi connectivity index (χ0n) is 11.3. The molecule has 0 radical (unpaired) electrons. The van der Waals surface area contributed by atoms with Gasteiger partial charge in [0.2, 0.25) is 0 Å². The van der Waals surface area contributed by atoms with Gasteiger partial charge < -0.3 is 11.5 Å². The number of guanidine groups is 1. The standard InChI is InChI=1S/C12H14ClF3N4O/c1-3-20(11(21)19-10(17)18)9-6(2)4-7(13)5-8(9)12(14,15)16/h4-5H,3H2,1-2H3,(H4,17,18,19,21). The van der Waals surface area contributed by atoms with E-state index < -0.39 is 23.7 Å². The van der Waals surface area contributed by atoms with E-state index in [-0.39, 0.29) is 22.8 Å². The van der Waals surface area contributed by atoms with Crippen molar-refractivity contribution in [3.63, 3.8) is 0 Å². The van der Waals surface area contributed by atoms with E-state index in [2.05, 4.69) is 4.99 Å². The Balaban J connectivity index is 3.52. The molecular formula is C12H14ClF3N4O. The Morgan fingerprint density at radius 1 is 1.38 bits per heavy atom. The molecule has 0 atom stereocenters. The van der Waals surface area contributed by atoms with Crippen molar-refractivity contribution in [1.29, 1.82) is 0 Å². The molecule has 0 heterocycles. The number of carbonyl (C=O) groups excluding carboxylic acids is 1. The first-order valence-corrected chi connectivity index (χ1v) is 6.24. The number of anilines is 1. The van der Waals surface area contributed by atoms with Gasteiger partial charge in [-0.05, 0) is 31.5 Å². The average molecular weight is 323 g/mol. The third-order valence-electron chi connectivity index (χ3n) is 2.61. The Bertz CT molecular complexity index is 583. The van der Waals surface area contributed by atoms with Crippen LogP contribution in [0.2, 0.25) is 5.02 Å². The predicted octanol–water partition coefficient (Wildman–Crippen LogP) is 2.89. The maximum Gasteiger partial charge on any atom is 0.418 e. The summed E-state index contributed by atoms with van der Waals surface area (Å²) in [6, 6.07) is 1.11. The van der Waals surface area contributed by atoms with Gasteiger partial charge >= 0.3 is 12.2 Å².